The number of benzene rings is 1. The molecule has 1 aliphatic carbocycles. The number of rotatable bonds is 8. The zero-order valence-corrected chi connectivity index (χ0v) is 18.0. The highest BCUT2D eigenvalue weighted by molar-refractivity contribution is 7.80. The van der Waals surface area contributed by atoms with Gasteiger partial charge in [0, 0.05) is 42.9 Å². The molecule has 11 heteroatoms. The fourth-order valence-corrected chi connectivity index (χ4v) is 3.65. The Bertz CT molecular complexity index is 894. The summed E-state index contributed by atoms with van der Waals surface area (Å²) in [6.45, 7) is 0.764. The summed E-state index contributed by atoms with van der Waals surface area (Å²) in [5.41, 5.74) is 0.157. The largest absolute Gasteiger partial charge is 0.497 e. The summed E-state index contributed by atoms with van der Waals surface area (Å²) in [7, 11) is 3.10. The Morgan fingerprint density at radius 3 is 2.40 bits per heavy atom. The topological polar surface area (TPSA) is 60.3 Å². The molecule has 0 radical (unpaired) electrons. The second-order valence-corrected chi connectivity index (χ2v) is 7.67. The first-order chi connectivity index (χ1) is 14.2. The first-order valence-electron chi connectivity index (χ1n) is 9.34. The second kappa shape index (κ2) is 9.30. The van der Waals surface area contributed by atoms with E-state index >= 15 is 0 Å². The maximum absolute atomic E-state index is 13.1. The molecule has 6 nitrogen and oxygen atoms in total. The zero-order chi connectivity index (χ0) is 21.9. The van der Waals surface area contributed by atoms with Crippen LogP contribution < -0.4 is 20.1 Å². The number of hydrogen-bond donors (Lipinski definition) is 2. The van der Waals surface area contributed by atoms with E-state index in [2.05, 4.69) is 15.7 Å². The van der Waals surface area contributed by atoms with Crippen molar-refractivity contribution in [1.82, 2.24) is 15.1 Å². The van der Waals surface area contributed by atoms with Crippen LogP contribution in [0.3, 0.4) is 0 Å². The van der Waals surface area contributed by atoms with Gasteiger partial charge in [-0.15, -0.1) is 0 Å². The van der Waals surface area contributed by atoms with Crippen molar-refractivity contribution in [2.24, 2.45) is 0 Å². The molecule has 2 N–H and O–H groups in total. The Balaban J connectivity index is 1.55. The van der Waals surface area contributed by atoms with Gasteiger partial charge in [-0.2, -0.15) is 18.3 Å². The number of alkyl halides is 3. The highest BCUT2D eigenvalue weighted by atomic mass is 35.5. The van der Waals surface area contributed by atoms with Crippen molar-refractivity contribution in [2.45, 2.75) is 37.9 Å². The van der Waals surface area contributed by atoms with Crippen molar-refractivity contribution in [3.8, 4) is 11.5 Å². The number of hydrogen-bond acceptors (Lipinski definition) is 4. The van der Waals surface area contributed by atoms with Gasteiger partial charge in [0.25, 0.3) is 0 Å². The molecule has 3 rings (SSSR count). The average molecular weight is 463 g/mol. The van der Waals surface area contributed by atoms with Gasteiger partial charge in [0.15, 0.2) is 10.8 Å². The van der Waals surface area contributed by atoms with Crippen LogP contribution in [0.2, 0.25) is 5.02 Å². The van der Waals surface area contributed by atoms with Crippen LogP contribution in [-0.2, 0) is 12.7 Å². The fourth-order valence-electron chi connectivity index (χ4n) is 3.04. The number of nitrogens with one attached hydrogen (secondary N) is 2. The number of halogens is 4. The third kappa shape index (κ3) is 5.48. The van der Waals surface area contributed by atoms with Crippen molar-refractivity contribution in [2.75, 3.05) is 26.1 Å². The minimum absolute atomic E-state index is 0.0554. The molecule has 1 aromatic heterocycles. The van der Waals surface area contributed by atoms with Crippen LogP contribution in [0.4, 0.5) is 18.9 Å². The smallest absolute Gasteiger partial charge is 0.436 e. The van der Waals surface area contributed by atoms with Crippen LogP contribution in [0.15, 0.2) is 18.2 Å². The van der Waals surface area contributed by atoms with E-state index in [-0.39, 0.29) is 10.9 Å². The number of aryl methyl sites for hydroxylation is 1. The Morgan fingerprint density at radius 1 is 1.23 bits per heavy atom. The second-order valence-electron chi connectivity index (χ2n) is 6.88. The molecule has 0 unspecified atom stereocenters. The van der Waals surface area contributed by atoms with Crippen LogP contribution in [-0.4, -0.2) is 35.7 Å². The number of anilines is 1. The van der Waals surface area contributed by atoms with E-state index in [1.165, 1.54) is 4.68 Å². The highest BCUT2D eigenvalue weighted by Crippen LogP contribution is 2.46. The van der Waals surface area contributed by atoms with Gasteiger partial charge in [-0.1, -0.05) is 11.6 Å². The predicted octanol–water partition coefficient (Wildman–Crippen LogP) is 4.83. The van der Waals surface area contributed by atoms with Gasteiger partial charge in [-0.05, 0) is 31.5 Å². The van der Waals surface area contributed by atoms with Gasteiger partial charge in [0.1, 0.15) is 11.5 Å². The molecule has 0 amide bonds. The number of nitrogens with zero attached hydrogens (tertiary/aromatic N) is 2. The highest BCUT2D eigenvalue weighted by Gasteiger charge is 2.41. The number of thiocarbonyl (C=S) groups is 1. The molecule has 1 aliphatic rings. The van der Waals surface area contributed by atoms with Crippen molar-refractivity contribution in [3.63, 3.8) is 0 Å². The molecule has 1 heterocycles. The van der Waals surface area contributed by atoms with Crippen LogP contribution in [0.5, 0.6) is 11.5 Å². The van der Waals surface area contributed by atoms with Crippen molar-refractivity contribution in [3.05, 3.63) is 34.6 Å². The van der Waals surface area contributed by atoms with E-state index in [0.717, 1.165) is 12.8 Å². The van der Waals surface area contributed by atoms with E-state index in [0.29, 0.717) is 47.5 Å². The standard InChI is InChI=1S/C19H22ClF3N4O2S/c1-28-13-8-12(9-14(10-13)29-2)25-18(30)24-6-3-7-27-16(11-4-5-11)15(20)17(26-27)19(21,22)23/h8-11H,3-7H2,1-2H3,(H2,24,25,30). The summed E-state index contributed by atoms with van der Waals surface area (Å²) in [5, 5.41) is 9.89. The molecule has 1 aromatic carbocycles. The van der Waals surface area contributed by atoms with Crippen LogP contribution in [0.1, 0.15) is 36.6 Å². The van der Waals surface area contributed by atoms with Gasteiger partial charge in [-0.3, -0.25) is 4.68 Å². The molecular formula is C19H22ClF3N4O2S. The summed E-state index contributed by atoms with van der Waals surface area (Å²) in [5.74, 6) is 1.28. The number of methoxy groups -OCH3 is 2. The van der Waals surface area contributed by atoms with Crippen molar-refractivity contribution in [1.29, 1.82) is 0 Å². The molecule has 0 atom stereocenters. The maximum Gasteiger partial charge on any atom is 0.436 e. The Kier molecular flexibility index (Phi) is 6.97. The minimum atomic E-state index is -4.56. The number of ether oxygens (including phenoxy) is 2. The van der Waals surface area contributed by atoms with Crippen LogP contribution in [0.25, 0.3) is 0 Å². The van der Waals surface area contributed by atoms with Crippen molar-refractivity contribution < 1.29 is 22.6 Å². The maximum atomic E-state index is 13.1. The normalized spacial score (nSPS) is 13.8. The molecule has 0 spiro atoms. The monoisotopic (exact) mass is 462 g/mol. The van der Waals surface area contributed by atoms with Gasteiger partial charge in [0.05, 0.1) is 24.9 Å². The lowest BCUT2D eigenvalue weighted by Gasteiger charge is -2.13. The average Bonchev–Trinajstić information content (AvgIpc) is 3.46. The fraction of sp³-hybridized carbons (Fsp3) is 0.474. The minimum Gasteiger partial charge on any atom is -0.497 e. The lowest BCUT2D eigenvalue weighted by atomic mass is 10.2. The van der Waals surface area contributed by atoms with E-state index in [1.807, 2.05) is 0 Å². The third-order valence-corrected chi connectivity index (χ3v) is 5.22. The molecule has 2 aromatic rings. The summed E-state index contributed by atoms with van der Waals surface area (Å²) in [4.78, 5) is 0. The van der Waals surface area contributed by atoms with Crippen LogP contribution >= 0.6 is 23.8 Å². The summed E-state index contributed by atoms with van der Waals surface area (Å²) >= 11 is 11.3. The zero-order valence-electron chi connectivity index (χ0n) is 16.5. The summed E-state index contributed by atoms with van der Waals surface area (Å²) < 4.78 is 51.2. The quantitative estimate of drug-likeness (QED) is 0.433. The molecule has 0 saturated heterocycles. The molecule has 0 bridgehead atoms. The van der Waals surface area contributed by atoms with Crippen molar-refractivity contribution >= 4 is 34.6 Å². The first kappa shape index (κ1) is 22.5. The SMILES string of the molecule is COc1cc(NC(=S)NCCCn2nc(C(F)(F)F)c(Cl)c2C2CC2)cc(OC)c1. The third-order valence-electron chi connectivity index (χ3n) is 4.61. The molecule has 1 fully saturated rings. The molecule has 164 valence electrons. The molecule has 1 saturated carbocycles. The van der Waals surface area contributed by atoms with E-state index in [4.69, 9.17) is 33.3 Å². The lowest BCUT2D eigenvalue weighted by Crippen LogP contribution is -2.30. The first-order valence-corrected chi connectivity index (χ1v) is 10.1. The molecule has 30 heavy (non-hydrogen) atoms. The summed E-state index contributed by atoms with van der Waals surface area (Å²) in [6, 6.07) is 5.27. The molecule has 0 aliphatic heterocycles. The van der Waals surface area contributed by atoms with Gasteiger partial charge < -0.3 is 20.1 Å². The van der Waals surface area contributed by atoms with Gasteiger partial charge >= 0.3 is 6.18 Å². The Morgan fingerprint density at radius 2 is 1.87 bits per heavy atom. The Hall–Kier alpha value is -2.20. The van der Waals surface area contributed by atoms with E-state index in [1.54, 1.807) is 32.4 Å². The van der Waals surface area contributed by atoms with Gasteiger partial charge in [0.2, 0.25) is 0 Å². The van der Waals surface area contributed by atoms with E-state index < -0.39 is 11.9 Å². The van der Waals surface area contributed by atoms with Crippen LogP contribution in [0, 0.1) is 0 Å². The van der Waals surface area contributed by atoms with E-state index in [9.17, 15) is 13.2 Å². The summed E-state index contributed by atoms with van der Waals surface area (Å²) in [6.07, 6.45) is -2.37. The lowest BCUT2D eigenvalue weighted by molar-refractivity contribution is -0.141. The number of aromatic nitrogens is 2. The van der Waals surface area contributed by atoms with Gasteiger partial charge in [-0.25, -0.2) is 0 Å². The molecular weight excluding hydrogens is 441 g/mol. The predicted molar refractivity (Wildman–Crippen MR) is 113 cm³/mol. The Labute approximate surface area is 182 Å².